The first-order chi connectivity index (χ1) is 4.30. The number of halogens is 1. The van der Waals surface area contributed by atoms with Crippen molar-refractivity contribution in [3.8, 4) is 0 Å². The van der Waals surface area contributed by atoms with Gasteiger partial charge < -0.3 is 0 Å². The first kappa shape index (κ1) is 7.79. The number of alkyl halides is 1. The zero-order valence-corrected chi connectivity index (χ0v) is 8.31. The Bertz CT molecular complexity index is 77.0. The molecule has 9 heavy (non-hydrogen) atoms. The maximum atomic E-state index is 3.63. The molecule has 1 nitrogen and oxygen atoms in total. The molecular weight excluding hydrogens is 225 g/mol. The van der Waals surface area contributed by atoms with Crippen LogP contribution in [0.15, 0.2) is 0 Å². The molecule has 0 saturated carbocycles. The molecule has 1 N–H and O–H groups in total. The second-order valence-electron chi connectivity index (χ2n) is 2.92. The van der Waals surface area contributed by atoms with Gasteiger partial charge in [-0.25, -0.2) is 0 Å². The van der Waals surface area contributed by atoms with Crippen molar-refractivity contribution >= 4 is 0 Å². The van der Waals surface area contributed by atoms with Gasteiger partial charge in [0.05, 0.1) is 0 Å². The van der Waals surface area contributed by atoms with E-state index < -0.39 is 0 Å². The Balaban J connectivity index is 2.23. The van der Waals surface area contributed by atoms with Crippen molar-refractivity contribution < 1.29 is 21.5 Å². The van der Waals surface area contributed by atoms with Crippen LogP contribution in [0.25, 0.3) is 0 Å². The van der Waals surface area contributed by atoms with Gasteiger partial charge in [0.2, 0.25) is 0 Å². The molecule has 0 aromatic heterocycles. The van der Waals surface area contributed by atoms with E-state index in [2.05, 4.69) is 17.4 Å². The van der Waals surface area contributed by atoms with Gasteiger partial charge in [0.15, 0.2) is 0 Å². The van der Waals surface area contributed by atoms with E-state index in [-0.39, 0.29) is 0 Å². The Labute approximate surface area is 68.2 Å². The quantitative estimate of drug-likeness (QED) is 0.330. The summed E-state index contributed by atoms with van der Waals surface area (Å²) in [6, 6.07) is 0.853. The van der Waals surface area contributed by atoms with Gasteiger partial charge in [-0.15, -0.1) is 0 Å². The van der Waals surface area contributed by atoms with Crippen molar-refractivity contribution in [2.24, 2.45) is 5.92 Å². The maximum absolute atomic E-state index is 3.63. The Morgan fingerprint density at radius 2 is 2.33 bits per heavy atom. The summed E-state index contributed by atoms with van der Waals surface area (Å²) >= 11 is 0.391. The fraction of sp³-hybridized carbons (Fsp3) is 1.00. The van der Waals surface area contributed by atoms with Crippen LogP contribution >= 0.6 is 0 Å². The predicted molar refractivity (Wildman–Crippen MR) is 35.9 cm³/mol. The fourth-order valence-electron chi connectivity index (χ4n) is 1.03. The molecule has 2 heteroatoms. The van der Waals surface area contributed by atoms with Crippen LogP contribution in [0, 0.1) is 5.92 Å². The van der Waals surface area contributed by atoms with Crippen LogP contribution in [0.4, 0.5) is 0 Å². The van der Waals surface area contributed by atoms with Crippen LogP contribution < -0.4 is 25.0 Å². The summed E-state index contributed by atoms with van der Waals surface area (Å²) < 4.78 is 5.12. The van der Waals surface area contributed by atoms with E-state index in [1.165, 1.54) is 17.3 Å². The molecule has 1 atom stereocenters. The Morgan fingerprint density at radius 3 is 2.67 bits per heavy atom. The molecule has 1 heterocycles. The molecular formula is C7H15IN-. The monoisotopic (exact) mass is 240 g/mol. The van der Waals surface area contributed by atoms with Gasteiger partial charge >= 0.3 is 68.1 Å². The van der Waals surface area contributed by atoms with E-state index in [1.54, 1.807) is 0 Å². The van der Waals surface area contributed by atoms with Gasteiger partial charge in [-0.2, -0.15) is 0 Å². The van der Waals surface area contributed by atoms with Gasteiger partial charge in [-0.3, -0.25) is 0 Å². The van der Waals surface area contributed by atoms with Crippen LogP contribution in [0.5, 0.6) is 0 Å². The standard InChI is InChI=1S/C7H15IN/c1-6(2)7-4-3-5-8-9-7/h6-7,9H,3-5H2,1-2H3/q-1. The summed E-state index contributed by atoms with van der Waals surface area (Å²) in [4.78, 5) is 0. The van der Waals surface area contributed by atoms with Gasteiger partial charge in [0.1, 0.15) is 0 Å². The summed E-state index contributed by atoms with van der Waals surface area (Å²) in [6.07, 6.45) is 2.89. The van der Waals surface area contributed by atoms with Gasteiger partial charge in [0, 0.05) is 0 Å². The van der Waals surface area contributed by atoms with Crippen molar-refractivity contribution in [2.75, 3.05) is 4.43 Å². The zero-order chi connectivity index (χ0) is 6.69. The first-order valence-corrected chi connectivity index (χ1v) is 6.25. The minimum absolute atomic E-state index is 0.391. The zero-order valence-electron chi connectivity index (χ0n) is 6.15. The van der Waals surface area contributed by atoms with Crippen LogP contribution in [-0.2, 0) is 0 Å². The minimum atomic E-state index is 0.391. The topological polar surface area (TPSA) is 12.0 Å². The van der Waals surface area contributed by atoms with E-state index in [0.29, 0.717) is 21.5 Å². The van der Waals surface area contributed by atoms with Crippen LogP contribution in [0.2, 0.25) is 0 Å². The Hall–Kier alpha value is 0.690. The number of nitrogens with one attached hydrogen (secondary N) is 1. The fourth-order valence-corrected chi connectivity index (χ4v) is 3.76. The summed E-state index contributed by atoms with van der Waals surface area (Å²) in [7, 11) is 0. The summed E-state index contributed by atoms with van der Waals surface area (Å²) in [6.45, 7) is 4.62. The molecule has 0 bridgehead atoms. The third-order valence-corrected chi connectivity index (χ3v) is 4.31. The van der Waals surface area contributed by atoms with Crippen molar-refractivity contribution in [3.63, 3.8) is 0 Å². The molecule has 0 aromatic carbocycles. The first-order valence-electron chi connectivity index (χ1n) is 3.64. The van der Waals surface area contributed by atoms with Crippen molar-refractivity contribution in [1.82, 2.24) is 3.53 Å². The molecule has 1 aliphatic heterocycles. The predicted octanol–water partition coefficient (Wildman–Crippen LogP) is -1.60. The number of hydrogen-bond donors (Lipinski definition) is 1. The second kappa shape index (κ2) is 3.76. The normalized spacial score (nSPS) is 29.9. The number of hydrogen-bond acceptors (Lipinski definition) is 1. The Morgan fingerprint density at radius 1 is 1.56 bits per heavy atom. The van der Waals surface area contributed by atoms with E-state index >= 15 is 0 Å². The summed E-state index contributed by atoms with van der Waals surface area (Å²) in [5, 5.41) is 0. The van der Waals surface area contributed by atoms with Gasteiger partial charge in [-0.1, -0.05) is 0 Å². The van der Waals surface area contributed by atoms with E-state index in [4.69, 9.17) is 0 Å². The van der Waals surface area contributed by atoms with Crippen LogP contribution in [0.1, 0.15) is 26.7 Å². The molecule has 1 fully saturated rings. The van der Waals surface area contributed by atoms with Gasteiger partial charge in [0.25, 0.3) is 0 Å². The molecule has 0 aromatic rings. The van der Waals surface area contributed by atoms with E-state index in [1.807, 2.05) is 0 Å². The van der Waals surface area contributed by atoms with Crippen LogP contribution in [-0.4, -0.2) is 10.5 Å². The molecule has 1 rings (SSSR count). The average Bonchev–Trinajstić information content (AvgIpc) is 1.90. The third kappa shape index (κ3) is 2.42. The molecule has 0 spiro atoms. The summed E-state index contributed by atoms with van der Waals surface area (Å²) in [5.74, 6) is 0.852. The molecule has 0 amide bonds. The number of rotatable bonds is 1. The molecule has 0 aliphatic carbocycles. The summed E-state index contributed by atoms with van der Waals surface area (Å²) in [5.41, 5.74) is 0. The van der Waals surface area contributed by atoms with Crippen molar-refractivity contribution in [3.05, 3.63) is 0 Å². The Kier molecular flexibility index (Phi) is 3.26. The SMILES string of the molecule is CC(C)C1CCC[I-]N1. The van der Waals surface area contributed by atoms with Gasteiger partial charge in [-0.05, 0) is 0 Å². The molecule has 1 saturated heterocycles. The molecule has 1 unspecified atom stereocenters. The average molecular weight is 240 g/mol. The van der Waals surface area contributed by atoms with Crippen molar-refractivity contribution in [1.29, 1.82) is 0 Å². The molecule has 0 radical (unpaired) electrons. The van der Waals surface area contributed by atoms with Crippen molar-refractivity contribution in [2.45, 2.75) is 32.7 Å². The molecule has 56 valence electrons. The third-order valence-electron chi connectivity index (χ3n) is 1.77. The van der Waals surface area contributed by atoms with E-state index in [0.717, 1.165) is 12.0 Å². The van der Waals surface area contributed by atoms with E-state index in [9.17, 15) is 0 Å². The molecule has 1 aliphatic rings. The second-order valence-corrected chi connectivity index (χ2v) is 5.39. The van der Waals surface area contributed by atoms with Crippen LogP contribution in [0.3, 0.4) is 0 Å².